The van der Waals surface area contributed by atoms with Gasteiger partial charge in [0.25, 0.3) is 5.56 Å². The minimum Gasteiger partial charge on any atom is -0.325 e. The molecule has 0 unspecified atom stereocenters. The van der Waals surface area contributed by atoms with E-state index < -0.39 is 0 Å². The number of aryl methyl sites for hydroxylation is 2. The van der Waals surface area contributed by atoms with Gasteiger partial charge in [0, 0.05) is 5.69 Å². The molecule has 1 N–H and O–H groups in total. The van der Waals surface area contributed by atoms with Crippen molar-refractivity contribution in [3.05, 3.63) is 119 Å². The number of carbonyl (C=O) groups excluding carboxylic acids is 1. The van der Waals surface area contributed by atoms with Gasteiger partial charge in [-0.05, 0) is 85.6 Å². The van der Waals surface area contributed by atoms with Gasteiger partial charge < -0.3 is 5.32 Å². The molecule has 38 heavy (non-hydrogen) atoms. The second kappa shape index (κ2) is 11.2. The average molecular weight is 520 g/mol. The van der Waals surface area contributed by atoms with Crippen LogP contribution in [0.4, 0.5) is 17.1 Å². The van der Waals surface area contributed by atoms with Crippen LogP contribution in [0.15, 0.2) is 117 Å². The highest BCUT2D eigenvalue weighted by Crippen LogP contribution is 2.24. The van der Waals surface area contributed by atoms with Crippen LogP contribution < -0.4 is 10.9 Å². The van der Waals surface area contributed by atoms with Gasteiger partial charge in [-0.3, -0.25) is 14.2 Å². The topological polar surface area (TPSA) is 88.7 Å². The predicted octanol–water partition coefficient (Wildman–Crippen LogP) is 7.15. The molecular formula is C30H25N5O2S. The number of anilines is 1. The number of hydrogen-bond donors (Lipinski definition) is 1. The molecule has 0 fully saturated rings. The number of carbonyl (C=O) groups is 1. The zero-order valence-electron chi connectivity index (χ0n) is 21.0. The number of amides is 1. The van der Waals surface area contributed by atoms with E-state index >= 15 is 0 Å². The van der Waals surface area contributed by atoms with Crippen molar-refractivity contribution in [2.75, 3.05) is 11.1 Å². The summed E-state index contributed by atoms with van der Waals surface area (Å²) < 4.78 is 1.59. The molecule has 1 aromatic heterocycles. The molecule has 5 aromatic rings. The number of thioether (sulfide) groups is 1. The quantitative estimate of drug-likeness (QED) is 0.140. The van der Waals surface area contributed by atoms with E-state index in [1.54, 1.807) is 34.9 Å². The smallest absolute Gasteiger partial charge is 0.266 e. The molecule has 0 bridgehead atoms. The Kier molecular flexibility index (Phi) is 7.42. The van der Waals surface area contributed by atoms with Gasteiger partial charge in [0.1, 0.15) is 0 Å². The predicted molar refractivity (Wildman–Crippen MR) is 153 cm³/mol. The van der Waals surface area contributed by atoms with Gasteiger partial charge in [-0.25, -0.2) is 4.98 Å². The van der Waals surface area contributed by atoms with Crippen molar-refractivity contribution >= 4 is 45.6 Å². The second-order valence-electron chi connectivity index (χ2n) is 8.82. The van der Waals surface area contributed by atoms with E-state index in [9.17, 15) is 9.59 Å². The summed E-state index contributed by atoms with van der Waals surface area (Å²) in [5.41, 5.74) is 5.34. The molecule has 1 amide bonds. The zero-order chi connectivity index (χ0) is 26.5. The molecule has 0 spiro atoms. The first-order valence-corrected chi connectivity index (χ1v) is 13.0. The number of para-hydroxylation sites is 1. The van der Waals surface area contributed by atoms with Crippen LogP contribution in [0, 0.1) is 13.8 Å². The standard InChI is InChI=1S/C30H25N5O2S/c1-20-16-21(2)18-25(17-20)35-29(37)26-10-6-7-11-27(26)32-30(35)38-19-28(36)31-22-12-14-24(15-13-22)34-33-23-8-4-3-5-9-23/h3-18H,19H2,1-2H3,(H,31,36). The summed E-state index contributed by atoms with van der Waals surface area (Å²) in [6.45, 7) is 3.98. The lowest BCUT2D eigenvalue weighted by molar-refractivity contribution is -0.113. The lowest BCUT2D eigenvalue weighted by Gasteiger charge is -2.14. The third-order valence-electron chi connectivity index (χ3n) is 5.73. The van der Waals surface area contributed by atoms with Crippen molar-refractivity contribution in [1.82, 2.24) is 9.55 Å². The lowest BCUT2D eigenvalue weighted by atomic mass is 10.1. The molecule has 0 aliphatic carbocycles. The molecule has 1 heterocycles. The van der Waals surface area contributed by atoms with E-state index in [0.717, 1.165) is 22.5 Å². The fourth-order valence-electron chi connectivity index (χ4n) is 4.07. The van der Waals surface area contributed by atoms with Crippen molar-refractivity contribution in [3.63, 3.8) is 0 Å². The van der Waals surface area contributed by atoms with E-state index in [1.165, 1.54) is 11.8 Å². The SMILES string of the molecule is Cc1cc(C)cc(-n2c(SCC(=O)Nc3ccc(N=Nc4ccccc4)cc3)nc3ccccc3c2=O)c1. The van der Waals surface area contributed by atoms with Crippen molar-refractivity contribution in [2.24, 2.45) is 10.2 Å². The summed E-state index contributed by atoms with van der Waals surface area (Å²) in [5.74, 6) is -0.117. The van der Waals surface area contributed by atoms with E-state index in [1.807, 2.05) is 74.5 Å². The van der Waals surface area contributed by atoms with Crippen LogP contribution in [-0.2, 0) is 4.79 Å². The summed E-state index contributed by atoms with van der Waals surface area (Å²) in [4.78, 5) is 31.0. The van der Waals surface area contributed by atoms with Gasteiger partial charge in [-0.2, -0.15) is 10.2 Å². The summed E-state index contributed by atoms with van der Waals surface area (Å²) in [6.07, 6.45) is 0. The van der Waals surface area contributed by atoms with E-state index in [4.69, 9.17) is 4.98 Å². The number of nitrogens with zero attached hydrogens (tertiary/aromatic N) is 4. The summed E-state index contributed by atoms with van der Waals surface area (Å²) >= 11 is 1.23. The van der Waals surface area contributed by atoms with Crippen molar-refractivity contribution in [1.29, 1.82) is 0 Å². The summed E-state index contributed by atoms with van der Waals surface area (Å²) in [7, 11) is 0. The fourth-order valence-corrected chi connectivity index (χ4v) is 4.88. The van der Waals surface area contributed by atoms with Gasteiger partial charge in [0.05, 0.1) is 33.7 Å². The monoisotopic (exact) mass is 519 g/mol. The van der Waals surface area contributed by atoms with Crippen LogP contribution in [0.3, 0.4) is 0 Å². The maximum absolute atomic E-state index is 13.5. The lowest BCUT2D eigenvalue weighted by Crippen LogP contribution is -2.23. The Balaban J connectivity index is 1.33. The highest BCUT2D eigenvalue weighted by molar-refractivity contribution is 7.99. The Morgan fingerprint density at radius 3 is 2.18 bits per heavy atom. The normalized spacial score (nSPS) is 11.2. The summed E-state index contributed by atoms with van der Waals surface area (Å²) in [6, 6.07) is 29.8. The first kappa shape index (κ1) is 25.1. The Labute approximate surface area is 224 Å². The molecule has 7 nitrogen and oxygen atoms in total. The second-order valence-corrected chi connectivity index (χ2v) is 9.76. The highest BCUT2D eigenvalue weighted by Gasteiger charge is 2.15. The number of nitrogens with one attached hydrogen (secondary N) is 1. The maximum Gasteiger partial charge on any atom is 0.266 e. The molecule has 0 saturated heterocycles. The Morgan fingerprint density at radius 1 is 0.842 bits per heavy atom. The van der Waals surface area contributed by atoms with Gasteiger partial charge in [-0.1, -0.05) is 48.2 Å². The molecule has 0 atom stereocenters. The van der Waals surface area contributed by atoms with Gasteiger partial charge in [0.15, 0.2) is 5.16 Å². The average Bonchev–Trinajstić information content (AvgIpc) is 2.91. The number of azo groups is 1. The Bertz CT molecular complexity index is 1680. The van der Waals surface area contributed by atoms with Gasteiger partial charge >= 0.3 is 0 Å². The van der Waals surface area contributed by atoms with Gasteiger partial charge in [-0.15, -0.1) is 0 Å². The first-order chi connectivity index (χ1) is 18.5. The van der Waals surface area contributed by atoms with Crippen LogP contribution in [-0.4, -0.2) is 21.2 Å². The largest absolute Gasteiger partial charge is 0.325 e. The van der Waals surface area contributed by atoms with Crippen LogP contribution in [0.1, 0.15) is 11.1 Å². The number of rotatable bonds is 7. The molecule has 0 radical (unpaired) electrons. The Hall–Kier alpha value is -4.56. The molecule has 0 aliphatic heterocycles. The molecule has 5 rings (SSSR count). The van der Waals surface area contributed by atoms with Crippen molar-refractivity contribution < 1.29 is 4.79 Å². The third kappa shape index (κ3) is 5.87. The number of benzene rings is 4. The van der Waals surface area contributed by atoms with Crippen molar-refractivity contribution in [2.45, 2.75) is 19.0 Å². The molecular weight excluding hydrogens is 494 g/mol. The highest BCUT2D eigenvalue weighted by atomic mass is 32.2. The molecule has 0 aliphatic rings. The molecule has 0 saturated carbocycles. The minimum absolute atomic E-state index is 0.0883. The number of fused-ring (bicyclic) bond motifs is 1. The van der Waals surface area contributed by atoms with E-state index in [-0.39, 0.29) is 17.2 Å². The molecule has 4 aromatic carbocycles. The van der Waals surface area contributed by atoms with Gasteiger partial charge in [0.2, 0.25) is 5.91 Å². The molecule has 8 heteroatoms. The van der Waals surface area contributed by atoms with Crippen LogP contribution >= 0.6 is 11.8 Å². The van der Waals surface area contributed by atoms with E-state index in [2.05, 4.69) is 21.6 Å². The van der Waals surface area contributed by atoms with Crippen LogP contribution in [0.5, 0.6) is 0 Å². The zero-order valence-corrected chi connectivity index (χ0v) is 21.8. The minimum atomic E-state index is -0.206. The Morgan fingerprint density at radius 2 is 1.47 bits per heavy atom. The molecule has 188 valence electrons. The number of aromatic nitrogens is 2. The fraction of sp³-hybridized carbons (Fsp3) is 0.100. The van der Waals surface area contributed by atoms with Crippen molar-refractivity contribution in [3.8, 4) is 5.69 Å². The van der Waals surface area contributed by atoms with Crippen LogP contribution in [0.2, 0.25) is 0 Å². The van der Waals surface area contributed by atoms with E-state index in [0.29, 0.717) is 27.4 Å². The number of hydrogen-bond acceptors (Lipinski definition) is 6. The third-order valence-corrected chi connectivity index (χ3v) is 6.67. The summed E-state index contributed by atoms with van der Waals surface area (Å²) in [5, 5.41) is 12.3. The van der Waals surface area contributed by atoms with Crippen LogP contribution in [0.25, 0.3) is 16.6 Å². The first-order valence-electron chi connectivity index (χ1n) is 12.1. The maximum atomic E-state index is 13.5.